The molecule has 0 unspecified atom stereocenters. The Morgan fingerprint density at radius 3 is 2.72 bits per heavy atom. The van der Waals surface area contributed by atoms with E-state index in [-0.39, 0.29) is 5.60 Å². The highest BCUT2D eigenvalue weighted by Crippen LogP contribution is 2.34. The number of nitrogens with one attached hydrogen (secondary N) is 1. The molecule has 2 aliphatic rings. The topological polar surface area (TPSA) is 21.3 Å². The first-order valence-corrected chi connectivity index (χ1v) is 7.18. The quantitative estimate of drug-likeness (QED) is 0.861. The maximum absolute atomic E-state index is 5.62. The van der Waals surface area contributed by atoms with Crippen molar-refractivity contribution >= 4 is 0 Å². The summed E-state index contributed by atoms with van der Waals surface area (Å²) in [5, 5.41) is 3.56. The number of aryl methyl sites for hydroxylation is 2. The Morgan fingerprint density at radius 2 is 2.00 bits per heavy atom. The zero-order valence-electron chi connectivity index (χ0n) is 11.3. The zero-order valence-corrected chi connectivity index (χ0v) is 11.3. The number of hydrogen-bond acceptors (Lipinski definition) is 2. The summed E-state index contributed by atoms with van der Waals surface area (Å²) >= 11 is 0. The number of ether oxygens (including phenoxy) is 1. The van der Waals surface area contributed by atoms with Crippen LogP contribution in [0.15, 0.2) is 18.2 Å². The van der Waals surface area contributed by atoms with E-state index < -0.39 is 0 Å². The first-order chi connectivity index (χ1) is 8.81. The van der Waals surface area contributed by atoms with Crippen molar-refractivity contribution < 1.29 is 4.74 Å². The van der Waals surface area contributed by atoms with Crippen molar-refractivity contribution in [2.24, 2.45) is 0 Å². The van der Waals surface area contributed by atoms with E-state index >= 15 is 0 Å². The van der Waals surface area contributed by atoms with Crippen LogP contribution in [0.1, 0.15) is 42.4 Å². The second-order valence-electron chi connectivity index (χ2n) is 5.80. The lowest BCUT2D eigenvalue weighted by molar-refractivity contribution is -0.0695. The molecule has 0 spiro atoms. The molecule has 0 heterocycles. The average molecular weight is 245 g/mol. The molecule has 0 aromatic heterocycles. The van der Waals surface area contributed by atoms with Gasteiger partial charge in [-0.05, 0) is 55.2 Å². The molecule has 0 saturated heterocycles. The van der Waals surface area contributed by atoms with Crippen LogP contribution >= 0.6 is 0 Å². The summed E-state index contributed by atoms with van der Waals surface area (Å²) in [7, 11) is 1.84. The highest BCUT2D eigenvalue weighted by atomic mass is 16.5. The third-order valence-electron chi connectivity index (χ3n) is 4.64. The molecular weight excluding hydrogens is 222 g/mol. The van der Waals surface area contributed by atoms with Gasteiger partial charge in [0.15, 0.2) is 0 Å². The Labute approximate surface area is 110 Å². The zero-order chi connectivity index (χ0) is 12.4. The molecule has 0 aliphatic heterocycles. The van der Waals surface area contributed by atoms with Crippen LogP contribution in [0.25, 0.3) is 0 Å². The molecule has 3 rings (SSSR count). The number of benzene rings is 1. The molecule has 1 aromatic carbocycles. The minimum atomic E-state index is 0.136. The van der Waals surface area contributed by atoms with Crippen molar-refractivity contribution in [3.05, 3.63) is 34.9 Å². The first-order valence-electron chi connectivity index (χ1n) is 7.18. The molecule has 1 N–H and O–H groups in total. The molecule has 1 aromatic rings. The third-order valence-corrected chi connectivity index (χ3v) is 4.64. The van der Waals surface area contributed by atoms with Crippen LogP contribution in [0.5, 0.6) is 0 Å². The van der Waals surface area contributed by atoms with Crippen molar-refractivity contribution in [2.45, 2.75) is 50.7 Å². The van der Waals surface area contributed by atoms with Gasteiger partial charge in [-0.2, -0.15) is 0 Å². The summed E-state index contributed by atoms with van der Waals surface area (Å²) in [5.74, 6) is 0. The molecule has 1 fully saturated rings. The van der Waals surface area contributed by atoms with Crippen LogP contribution in [0.4, 0.5) is 0 Å². The number of methoxy groups -OCH3 is 1. The Bertz CT molecular complexity index is 418. The van der Waals surface area contributed by atoms with E-state index in [0.29, 0.717) is 0 Å². The van der Waals surface area contributed by atoms with Crippen LogP contribution in [0, 0.1) is 0 Å². The van der Waals surface area contributed by atoms with Crippen LogP contribution in [-0.4, -0.2) is 19.3 Å². The van der Waals surface area contributed by atoms with Gasteiger partial charge in [0.2, 0.25) is 0 Å². The molecule has 18 heavy (non-hydrogen) atoms. The molecule has 2 heteroatoms. The molecule has 0 radical (unpaired) electrons. The van der Waals surface area contributed by atoms with Crippen LogP contribution in [0.3, 0.4) is 0 Å². The summed E-state index contributed by atoms with van der Waals surface area (Å²) in [4.78, 5) is 0. The predicted octanol–water partition coefficient (Wildman–Crippen LogP) is 2.83. The Kier molecular flexibility index (Phi) is 3.40. The van der Waals surface area contributed by atoms with Gasteiger partial charge in [-0.3, -0.25) is 0 Å². The van der Waals surface area contributed by atoms with Gasteiger partial charge in [0.25, 0.3) is 0 Å². The van der Waals surface area contributed by atoms with Gasteiger partial charge in [-0.25, -0.2) is 0 Å². The van der Waals surface area contributed by atoms with Gasteiger partial charge in [0.1, 0.15) is 0 Å². The van der Waals surface area contributed by atoms with Gasteiger partial charge >= 0.3 is 0 Å². The minimum Gasteiger partial charge on any atom is -0.377 e. The molecule has 0 bridgehead atoms. The van der Waals surface area contributed by atoms with Crippen molar-refractivity contribution in [1.29, 1.82) is 0 Å². The maximum atomic E-state index is 5.62. The van der Waals surface area contributed by atoms with E-state index in [4.69, 9.17) is 4.74 Å². The molecule has 0 amide bonds. The maximum Gasteiger partial charge on any atom is 0.0802 e. The van der Waals surface area contributed by atoms with E-state index in [2.05, 4.69) is 23.5 Å². The van der Waals surface area contributed by atoms with Crippen molar-refractivity contribution in [2.75, 3.05) is 13.7 Å². The van der Waals surface area contributed by atoms with Crippen molar-refractivity contribution in [3.8, 4) is 0 Å². The first kappa shape index (κ1) is 12.2. The van der Waals surface area contributed by atoms with Crippen LogP contribution < -0.4 is 5.32 Å². The molecule has 1 saturated carbocycles. The van der Waals surface area contributed by atoms with Crippen LogP contribution in [-0.2, 0) is 24.1 Å². The van der Waals surface area contributed by atoms with Crippen LogP contribution in [0.2, 0.25) is 0 Å². The smallest absolute Gasteiger partial charge is 0.0802 e. The summed E-state index contributed by atoms with van der Waals surface area (Å²) < 4.78 is 5.62. The van der Waals surface area contributed by atoms with Crippen molar-refractivity contribution in [1.82, 2.24) is 5.32 Å². The summed E-state index contributed by atoms with van der Waals surface area (Å²) in [6.07, 6.45) is 7.61. The Hall–Kier alpha value is -0.860. The fraction of sp³-hybridized carbons (Fsp3) is 0.625. The number of hydrogen-bond donors (Lipinski definition) is 1. The van der Waals surface area contributed by atoms with Gasteiger partial charge in [-0.1, -0.05) is 18.2 Å². The second kappa shape index (κ2) is 5.02. The van der Waals surface area contributed by atoms with E-state index in [1.807, 2.05) is 7.11 Å². The molecule has 0 atom stereocenters. The van der Waals surface area contributed by atoms with E-state index in [1.165, 1.54) is 44.1 Å². The monoisotopic (exact) mass is 245 g/mol. The number of fused-ring (bicyclic) bond motifs is 1. The summed E-state index contributed by atoms with van der Waals surface area (Å²) in [6.45, 7) is 1.96. The fourth-order valence-corrected chi connectivity index (χ4v) is 3.19. The van der Waals surface area contributed by atoms with E-state index in [1.54, 1.807) is 11.1 Å². The lowest BCUT2D eigenvalue weighted by Crippen LogP contribution is -2.47. The number of rotatable bonds is 5. The summed E-state index contributed by atoms with van der Waals surface area (Å²) in [5.41, 5.74) is 4.68. The highest BCUT2D eigenvalue weighted by molar-refractivity contribution is 5.35. The minimum absolute atomic E-state index is 0.136. The summed E-state index contributed by atoms with van der Waals surface area (Å²) in [6, 6.07) is 6.97. The fourth-order valence-electron chi connectivity index (χ4n) is 3.19. The molecule has 2 nitrogen and oxygen atoms in total. The average Bonchev–Trinajstić information content (AvgIpc) is 2.80. The Morgan fingerprint density at radius 1 is 1.17 bits per heavy atom. The predicted molar refractivity (Wildman–Crippen MR) is 73.8 cm³/mol. The largest absolute Gasteiger partial charge is 0.377 e. The Balaban J connectivity index is 1.54. The standard InChI is InChI=1S/C16H23NO/c1-18-16(8-3-9-16)12-17-11-13-6-7-14-4-2-5-15(14)10-13/h6-7,10,17H,2-5,8-9,11-12H2,1H3. The lowest BCUT2D eigenvalue weighted by atomic mass is 9.80. The highest BCUT2D eigenvalue weighted by Gasteiger charge is 2.36. The van der Waals surface area contributed by atoms with Crippen molar-refractivity contribution in [3.63, 3.8) is 0 Å². The van der Waals surface area contributed by atoms with E-state index in [0.717, 1.165) is 13.1 Å². The van der Waals surface area contributed by atoms with E-state index in [9.17, 15) is 0 Å². The lowest BCUT2D eigenvalue weighted by Gasteiger charge is -2.40. The third kappa shape index (κ3) is 2.32. The normalized spacial score (nSPS) is 20.5. The molecule has 2 aliphatic carbocycles. The van der Waals surface area contributed by atoms with Gasteiger partial charge in [0, 0.05) is 20.2 Å². The van der Waals surface area contributed by atoms with Gasteiger partial charge < -0.3 is 10.1 Å². The molecular formula is C16H23NO. The van der Waals surface area contributed by atoms with Gasteiger partial charge in [0.05, 0.1) is 5.60 Å². The SMILES string of the molecule is COC1(CNCc2ccc3c(c2)CCC3)CCC1. The second-order valence-corrected chi connectivity index (χ2v) is 5.80. The van der Waals surface area contributed by atoms with Gasteiger partial charge in [-0.15, -0.1) is 0 Å². The molecule has 98 valence electrons.